The van der Waals surface area contributed by atoms with E-state index in [4.69, 9.17) is 4.74 Å². The van der Waals surface area contributed by atoms with Gasteiger partial charge in [-0.05, 0) is 86.7 Å². The number of benzene rings is 2. The van der Waals surface area contributed by atoms with Crippen LogP contribution in [-0.4, -0.2) is 33.7 Å². The summed E-state index contributed by atoms with van der Waals surface area (Å²) < 4.78 is 31.3. The van der Waals surface area contributed by atoms with Crippen molar-refractivity contribution in [1.29, 1.82) is 0 Å². The number of sulfonamides is 1. The Balaban J connectivity index is 2.23. The van der Waals surface area contributed by atoms with Crippen molar-refractivity contribution >= 4 is 21.6 Å². The first kappa shape index (κ1) is 24.7. The molecule has 0 radical (unpaired) electrons. The number of ether oxygens (including phenoxy) is 1. The van der Waals surface area contributed by atoms with E-state index >= 15 is 0 Å². The molecule has 1 atom stereocenters. The zero-order chi connectivity index (χ0) is 23.3. The van der Waals surface area contributed by atoms with E-state index in [1.165, 1.54) is 4.31 Å². The van der Waals surface area contributed by atoms with Gasteiger partial charge in [0.15, 0.2) is 0 Å². The van der Waals surface area contributed by atoms with Crippen molar-refractivity contribution in [1.82, 2.24) is 5.32 Å². The second-order valence-corrected chi connectivity index (χ2v) is 10.1. The van der Waals surface area contributed by atoms with Crippen LogP contribution in [0.15, 0.2) is 36.4 Å². The van der Waals surface area contributed by atoms with Crippen molar-refractivity contribution in [3.8, 4) is 5.75 Å². The second-order valence-electron chi connectivity index (χ2n) is 7.91. The summed E-state index contributed by atoms with van der Waals surface area (Å²) >= 11 is 0. The summed E-state index contributed by atoms with van der Waals surface area (Å²) in [5.74, 6) is 0.973. The minimum atomic E-state index is -3.35. The first-order valence-electron chi connectivity index (χ1n) is 10.6. The summed E-state index contributed by atoms with van der Waals surface area (Å²) in [6.45, 7) is 11.9. The number of amides is 1. The number of carbonyl (C=O) groups is 1. The number of anilines is 1. The van der Waals surface area contributed by atoms with Gasteiger partial charge < -0.3 is 10.1 Å². The molecule has 0 aliphatic rings. The van der Waals surface area contributed by atoms with Gasteiger partial charge >= 0.3 is 0 Å². The summed E-state index contributed by atoms with van der Waals surface area (Å²) in [4.78, 5) is 12.8. The predicted octanol–water partition coefficient (Wildman–Crippen LogP) is 4.79. The molecule has 1 unspecified atom stereocenters. The topological polar surface area (TPSA) is 75.7 Å². The highest BCUT2D eigenvalue weighted by Gasteiger charge is 2.20. The highest BCUT2D eigenvalue weighted by atomic mass is 32.2. The Hall–Kier alpha value is -2.54. The van der Waals surface area contributed by atoms with Crippen LogP contribution in [0, 0.1) is 6.92 Å². The number of nitrogens with zero attached hydrogens (tertiary/aromatic N) is 1. The first-order valence-corrected chi connectivity index (χ1v) is 12.3. The van der Waals surface area contributed by atoms with Gasteiger partial charge in [0.05, 0.1) is 24.6 Å². The van der Waals surface area contributed by atoms with E-state index in [2.05, 4.69) is 25.2 Å². The van der Waals surface area contributed by atoms with Gasteiger partial charge in [-0.25, -0.2) is 8.42 Å². The van der Waals surface area contributed by atoms with E-state index in [9.17, 15) is 13.2 Å². The van der Waals surface area contributed by atoms with Crippen LogP contribution in [0.3, 0.4) is 0 Å². The molecule has 0 aromatic heterocycles. The van der Waals surface area contributed by atoms with E-state index in [0.717, 1.165) is 22.4 Å². The monoisotopic (exact) mass is 446 g/mol. The molecule has 0 fully saturated rings. The minimum absolute atomic E-state index is 0.0279. The molecule has 7 heteroatoms. The molecular weight excluding hydrogens is 412 g/mol. The Morgan fingerprint density at radius 3 is 2.16 bits per heavy atom. The van der Waals surface area contributed by atoms with Crippen LogP contribution < -0.4 is 14.4 Å². The van der Waals surface area contributed by atoms with Gasteiger partial charge in [-0.15, -0.1) is 0 Å². The molecular formula is C24H34N2O4S. The molecule has 2 aromatic rings. The lowest BCUT2D eigenvalue weighted by atomic mass is 9.93. The van der Waals surface area contributed by atoms with Gasteiger partial charge in [-0.1, -0.05) is 13.8 Å². The van der Waals surface area contributed by atoms with Crippen molar-refractivity contribution in [2.24, 2.45) is 0 Å². The lowest BCUT2D eigenvalue weighted by Crippen LogP contribution is -2.32. The van der Waals surface area contributed by atoms with Gasteiger partial charge in [0, 0.05) is 12.1 Å². The van der Waals surface area contributed by atoms with E-state index in [0.29, 0.717) is 23.7 Å². The number of carbonyl (C=O) groups excluding carboxylic acids is 1. The summed E-state index contributed by atoms with van der Waals surface area (Å²) in [5, 5.41) is 3.05. The molecule has 170 valence electrons. The van der Waals surface area contributed by atoms with Crippen molar-refractivity contribution in [3.63, 3.8) is 0 Å². The van der Waals surface area contributed by atoms with E-state index in [-0.39, 0.29) is 17.7 Å². The summed E-state index contributed by atoms with van der Waals surface area (Å²) in [6.07, 6.45) is 0. The normalized spacial score (nSPS) is 12.5. The molecule has 2 rings (SSSR count). The molecule has 0 saturated carbocycles. The van der Waals surface area contributed by atoms with Crippen LogP contribution in [-0.2, 0) is 10.0 Å². The molecule has 0 saturated heterocycles. The fourth-order valence-corrected chi connectivity index (χ4v) is 4.79. The van der Waals surface area contributed by atoms with Gasteiger partial charge in [0.25, 0.3) is 5.91 Å². The zero-order valence-electron chi connectivity index (χ0n) is 19.5. The summed E-state index contributed by atoms with van der Waals surface area (Å²) in [5.41, 5.74) is 4.23. The molecule has 1 amide bonds. The van der Waals surface area contributed by atoms with Crippen LogP contribution in [0.1, 0.15) is 73.6 Å². The average molecular weight is 447 g/mol. The number of hydrogen-bond donors (Lipinski definition) is 1. The molecule has 1 N–H and O–H groups in total. The third kappa shape index (κ3) is 5.58. The van der Waals surface area contributed by atoms with E-state index in [1.54, 1.807) is 45.2 Å². The van der Waals surface area contributed by atoms with Crippen LogP contribution in [0.5, 0.6) is 5.75 Å². The number of nitrogens with one attached hydrogen (secondary N) is 1. The highest BCUT2D eigenvalue weighted by Crippen LogP contribution is 2.32. The number of rotatable bonds is 9. The van der Waals surface area contributed by atoms with Crippen LogP contribution in [0.25, 0.3) is 0 Å². The van der Waals surface area contributed by atoms with Crippen molar-refractivity contribution < 1.29 is 17.9 Å². The molecule has 0 spiro atoms. The smallest absolute Gasteiger partial charge is 0.251 e. The van der Waals surface area contributed by atoms with Gasteiger partial charge in [0.2, 0.25) is 10.0 Å². The quantitative estimate of drug-likeness (QED) is 0.601. The number of aryl methyl sites for hydroxylation is 1. The Morgan fingerprint density at radius 2 is 1.68 bits per heavy atom. The third-order valence-corrected chi connectivity index (χ3v) is 7.33. The molecule has 31 heavy (non-hydrogen) atoms. The van der Waals surface area contributed by atoms with E-state index < -0.39 is 10.0 Å². The fraction of sp³-hybridized carbons (Fsp3) is 0.458. The maximum atomic E-state index is 12.8. The lowest BCUT2D eigenvalue weighted by molar-refractivity contribution is 0.0940. The molecule has 0 aliphatic carbocycles. The van der Waals surface area contributed by atoms with Gasteiger partial charge in [-0.3, -0.25) is 9.10 Å². The van der Waals surface area contributed by atoms with Crippen molar-refractivity contribution in [2.45, 2.75) is 53.5 Å². The maximum absolute atomic E-state index is 12.8. The van der Waals surface area contributed by atoms with Gasteiger partial charge in [-0.2, -0.15) is 0 Å². The van der Waals surface area contributed by atoms with Crippen molar-refractivity contribution in [3.05, 3.63) is 58.7 Å². The zero-order valence-corrected chi connectivity index (χ0v) is 20.3. The van der Waals surface area contributed by atoms with Crippen LogP contribution >= 0.6 is 0 Å². The third-order valence-electron chi connectivity index (χ3n) is 5.46. The minimum Gasteiger partial charge on any atom is -0.496 e. The van der Waals surface area contributed by atoms with Crippen LogP contribution in [0.4, 0.5) is 5.69 Å². The standard InChI is InChI=1S/C24H34N2O4S/c1-8-26(31(28,29)9-2)20-12-10-19(11-13-20)24(27)25-18(6)22-15-21(16(3)4)23(30-7)14-17(22)5/h10-16,18H,8-9H2,1-7H3,(H,25,27). The molecule has 2 aromatic carbocycles. The largest absolute Gasteiger partial charge is 0.496 e. The fourth-order valence-electron chi connectivity index (χ4n) is 3.64. The van der Waals surface area contributed by atoms with E-state index in [1.807, 2.05) is 19.9 Å². The molecule has 0 aliphatic heterocycles. The van der Waals surface area contributed by atoms with Gasteiger partial charge in [0.1, 0.15) is 5.75 Å². The SMILES string of the molecule is CCN(c1ccc(C(=O)NC(C)c2cc(C(C)C)c(OC)cc2C)cc1)S(=O)(=O)CC. The molecule has 6 nitrogen and oxygen atoms in total. The summed E-state index contributed by atoms with van der Waals surface area (Å²) in [6, 6.07) is 10.6. The maximum Gasteiger partial charge on any atom is 0.251 e. The Bertz CT molecular complexity index is 1010. The van der Waals surface area contributed by atoms with Crippen LogP contribution in [0.2, 0.25) is 0 Å². The summed E-state index contributed by atoms with van der Waals surface area (Å²) in [7, 11) is -1.68. The van der Waals surface area contributed by atoms with Crippen molar-refractivity contribution in [2.75, 3.05) is 23.7 Å². The average Bonchev–Trinajstić information content (AvgIpc) is 2.73. The number of hydrogen-bond acceptors (Lipinski definition) is 4. The Morgan fingerprint density at radius 1 is 1.06 bits per heavy atom. The Kier molecular flexibility index (Phi) is 8.12. The molecule has 0 bridgehead atoms. The first-order chi connectivity index (χ1) is 14.5. The highest BCUT2D eigenvalue weighted by molar-refractivity contribution is 7.92. The molecule has 0 heterocycles. The lowest BCUT2D eigenvalue weighted by Gasteiger charge is -2.23. The Labute approximate surface area is 186 Å². The number of methoxy groups -OCH3 is 1. The predicted molar refractivity (Wildman–Crippen MR) is 127 cm³/mol. The second kappa shape index (κ2) is 10.2.